The van der Waals surface area contributed by atoms with Crippen molar-refractivity contribution < 1.29 is 9.53 Å². The van der Waals surface area contributed by atoms with Crippen LogP contribution in [0.5, 0.6) is 0 Å². The van der Waals surface area contributed by atoms with Gasteiger partial charge in [0.25, 0.3) is 0 Å². The number of aromatic nitrogens is 1. The van der Waals surface area contributed by atoms with Gasteiger partial charge in [-0.15, -0.1) is 0 Å². The Morgan fingerprint density at radius 1 is 1.60 bits per heavy atom. The van der Waals surface area contributed by atoms with E-state index in [4.69, 9.17) is 0 Å². The fourth-order valence-corrected chi connectivity index (χ4v) is 2.38. The first-order chi connectivity index (χ1) is 9.47. The molecule has 7 heteroatoms. The predicted octanol–water partition coefficient (Wildman–Crippen LogP) is 1.36. The lowest BCUT2D eigenvalue weighted by atomic mass is 10.4. The number of esters is 1. The maximum atomic E-state index is 11.1. The van der Waals surface area contributed by atoms with E-state index in [1.54, 1.807) is 7.05 Å². The average Bonchev–Trinajstić information content (AvgIpc) is 2.72. The zero-order chi connectivity index (χ0) is 15.1. The third-order valence-corrected chi connectivity index (χ3v) is 3.32. The number of carbonyl (C=O) groups excluding carboxylic acids is 1. The van der Waals surface area contributed by atoms with Gasteiger partial charge >= 0.3 is 5.97 Å². The molecule has 6 nitrogen and oxygen atoms in total. The number of guanidine groups is 1. The summed E-state index contributed by atoms with van der Waals surface area (Å²) in [6.07, 6.45) is 2.33. The first-order valence-electron chi connectivity index (χ1n) is 6.27. The molecule has 0 saturated heterocycles. The second-order valence-corrected chi connectivity index (χ2v) is 5.33. The minimum absolute atomic E-state index is 0.234. The van der Waals surface area contributed by atoms with Gasteiger partial charge in [0.05, 0.1) is 20.1 Å². The molecule has 0 fully saturated rings. The Labute approximate surface area is 127 Å². The van der Waals surface area contributed by atoms with E-state index in [1.807, 2.05) is 25.2 Å². The molecule has 20 heavy (non-hydrogen) atoms. The highest BCUT2D eigenvalue weighted by Crippen LogP contribution is 2.14. The highest BCUT2D eigenvalue weighted by Gasteiger charge is 2.10. The first-order valence-corrected chi connectivity index (χ1v) is 7.06. The van der Waals surface area contributed by atoms with E-state index >= 15 is 0 Å². The number of nitrogens with one attached hydrogen (secondary N) is 1. The Hall–Kier alpha value is -1.50. The van der Waals surface area contributed by atoms with E-state index in [9.17, 15) is 4.79 Å². The van der Waals surface area contributed by atoms with Gasteiger partial charge in [0.1, 0.15) is 0 Å². The van der Waals surface area contributed by atoms with Gasteiger partial charge in [0, 0.05) is 44.1 Å². The molecule has 112 valence electrons. The van der Waals surface area contributed by atoms with E-state index in [-0.39, 0.29) is 5.97 Å². The largest absolute Gasteiger partial charge is 0.469 e. The molecule has 0 atom stereocenters. The van der Waals surface area contributed by atoms with Gasteiger partial charge in [-0.05, 0) is 22.0 Å². The first kappa shape index (κ1) is 16.6. The Bertz CT molecular complexity index is 485. The van der Waals surface area contributed by atoms with Crippen LogP contribution in [-0.4, -0.2) is 49.1 Å². The minimum atomic E-state index is -0.234. The Morgan fingerprint density at radius 3 is 2.80 bits per heavy atom. The molecule has 0 bridgehead atoms. The van der Waals surface area contributed by atoms with Gasteiger partial charge in [0.15, 0.2) is 5.96 Å². The maximum absolute atomic E-state index is 11.1. The molecule has 0 aliphatic heterocycles. The van der Waals surface area contributed by atoms with Gasteiger partial charge in [-0.25, -0.2) is 0 Å². The van der Waals surface area contributed by atoms with Gasteiger partial charge in [-0.1, -0.05) is 0 Å². The summed E-state index contributed by atoms with van der Waals surface area (Å²) < 4.78 is 7.71. The number of aliphatic imine (C=N–C) groups is 1. The normalized spacial score (nSPS) is 11.3. The molecule has 0 unspecified atom stereocenters. The zero-order valence-corrected chi connectivity index (χ0v) is 13.9. The number of hydrogen-bond donors (Lipinski definition) is 1. The fourth-order valence-electron chi connectivity index (χ4n) is 1.80. The molecule has 0 aromatic carbocycles. The van der Waals surface area contributed by atoms with E-state index in [0.29, 0.717) is 13.0 Å². The number of hydrogen-bond acceptors (Lipinski definition) is 3. The molecule has 1 heterocycles. The fraction of sp³-hybridized carbons (Fsp3) is 0.538. The third kappa shape index (κ3) is 4.88. The second-order valence-electron chi connectivity index (χ2n) is 4.42. The molecule has 1 rings (SSSR count). The maximum Gasteiger partial charge on any atom is 0.307 e. The summed E-state index contributed by atoms with van der Waals surface area (Å²) in [5.41, 5.74) is 1.16. The summed E-state index contributed by atoms with van der Waals surface area (Å²) in [6.45, 7) is 1.22. The van der Waals surface area contributed by atoms with Crippen molar-refractivity contribution in [1.82, 2.24) is 14.8 Å². The van der Waals surface area contributed by atoms with Crippen LogP contribution in [0.2, 0.25) is 0 Å². The van der Waals surface area contributed by atoms with Gasteiger partial charge < -0.3 is 19.5 Å². The summed E-state index contributed by atoms with van der Waals surface area (Å²) in [7, 11) is 7.06. The van der Waals surface area contributed by atoms with Crippen LogP contribution < -0.4 is 5.32 Å². The Balaban J connectivity index is 2.53. The lowest BCUT2D eigenvalue weighted by Gasteiger charge is -2.22. The van der Waals surface area contributed by atoms with Crippen LogP contribution in [0.15, 0.2) is 21.7 Å². The van der Waals surface area contributed by atoms with Crippen molar-refractivity contribution in [3.8, 4) is 0 Å². The molecule has 1 N–H and O–H groups in total. The number of halogens is 1. The van der Waals surface area contributed by atoms with Crippen LogP contribution >= 0.6 is 15.9 Å². The Kier molecular flexibility index (Phi) is 6.57. The van der Waals surface area contributed by atoms with Crippen molar-refractivity contribution in [3.05, 3.63) is 22.4 Å². The number of aryl methyl sites for hydroxylation is 1. The van der Waals surface area contributed by atoms with E-state index in [0.717, 1.165) is 22.7 Å². The monoisotopic (exact) mass is 344 g/mol. The molecular formula is C13H21BrN4O2. The molecule has 0 amide bonds. The molecular weight excluding hydrogens is 324 g/mol. The number of rotatable bonds is 5. The molecule has 0 saturated carbocycles. The van der Waals surface area contributed by atoms with Crippen LogP contribution in [0.1, 0.15) is 12.1 Å². The lowest BCUT2D eigenvalue weighted by Crippen LogP contribution is -2.39. The summed E-state index contributed by atoms with van der Waals surface area (Å²) in [5.74, 6) is 0.508. The summed E-state index contributed by atoms with van der Waals surface area (Å²) >= 11 is 3.46. The SMILES string of the molecule is CN=C(NCCC(=O)OC)N(C)Cc1cc(Br)cn1C. The van der Waals surface area contributed by atoms with Crippen molar-refractivity contribution in [2.45, 2.75) is 13.0 Å². The van der Waals surface area contributed by atoms with Crippen molar-refractivity contribution in [2.75, 3.05) is 27.7 Å². The van der Waals surface area contributed by atoms with Crippen molar-refractivity contribution >= 4 is 27.9 Å². The van der Waals surface area contributed by atoms with Crippen LogP contribution in [0.25, 0.3) is 0 Å². The number of ether oxygens (including phenoxy) is 1. The van der Waals surface area contributed by atoms with Crippen LogP contribution in [0.3, 0.4) is 0 Å². The van der Waals surface area contributed by atoms with E-state index < -0.39 is 0 Å². The van der Waals surface area contributed by atoms with Crippen molar-refractivity contribution in [1.29, 1.82) is 0 Å². The van der Waals surface area contributed by atoms with Gasteiger partial charge in [-0.3, -0.25) is 9.79 Å². The predicted molar refractivity (Wildman–Crippen MR) is 82.6 cm³/mol. The second kappa shape index (κ2) is 7.94. The van der Waals surface area contributed by atoms with Crippen LogP contribution in [0.4, 0.5) is 0 Å². The number of carbonyl (C=O) groups is 1. The highest BCUT2D eigenvalue weighted by molar-refractivity contribution is 9.10. The van der Waals surface area contributed by atoms with Crippen LogP contribution in [0, 0.1) is 0 Å². The molecule has 1 aromatic rings. The quantitative estimate of drug-likeness (QED) is 0.497. The standard InChI is InChI=1S/C13H21BrN4O2/c1-15-13(16-6-5-12(19)20-4)18(3)9-11-7-10(14)8-17(11)2/h7-8H,5-6,9H2,1-4H3,(H,15,16). The van der Waals surface area contributed by atoms with Crippen molar-refractivity contribution in [2.24, 2.45) is 12.0 Å². The lowest BCUT2D eigenvalue weighted by molar-refractivity contribution is -0.140. The van der Waals surface area contributed by atoms with Gasteiger partial charge in [0.2, 0.25) is 0 Å². The Morgan fingerprint density at radius 2 is 2.30 bits per heavy atom. The summed E-state index contributed by atoms with van der Waals surface area (Å²) in [5, 5.41) is 3.14. The molecule has 0 radical (unpaired) electrons. The third-order valence-electron chi connectivity index (χ3n) is 2.89. The molecule has 0 spiro atoms. The molecule has 0 aliphatic rings. The summed E-state index contributed by atoms with van der Waals surface area (Å²) in [4.78, 5) is 17.3. The number of nitrogens with zero attached hydrogens (tertiary/aromatic N) is 3. The smallest absolute Gasteiger partial charge is 0.307 e. The summed E-state index contributed by atoms with van der Waals surface area (Å²) in [6, 6.07) is 2.07. The highest BCUT2D eigenvalue weighted by atomic mass is 79.9. The van der Waals surface area contributed by atoms with Crippen LogP contribution in [-0.2, 0) is 23.1 Å². The number of methoxy groups -OCH3 is 1. The van der Waals surface area contributed by atoms with Gasteiger partial charge in [-0.2, -0.15) is 0 Å². The zero-order valence-electron chi connectivity index (χ0n) is 12.3. The minimum Gasteiger partial charge on any atom is -0.469 e. The average molecular weight is 345 g/mol. The topological polar surface area (TPSA) is 58.9 Å². The van der Waals surface area contributed by atoms with Crippen molar-refractivity contribution in [3.63, 3.8) is 0 Å². The molecule has 1 aromatic heterocycles. The molecule has 0 aliphatic carbocycles. The van der Waals surface area contributed by atoms with E-state index in [1.165, 1.54) is 7.11 Å². The van der Waals surface area contributed by atoms with E-state index in [2.05, 4.69) is 41.6 Å².